The van der Waals surface area contributed by atoms with Crippen molar-refractivity contribution in [3.63, 3.8) is 0 Å². The summed E-state index contributed by atoms with van der Waals surface area (Å²) in [7, 11) is 0. The van der Waals surface area contributed by atoms with Crippen LogP contribution in [-0.2, 0) is 6.42 Å². The molecule has 0 spiro atoms. The van der Waals surface area contributed by atoms with E-state index in [0.717, 1.165) is 31.4 Å². The van der Waals surface area contributed by atoms with Crippen molar-refractivity contribution in [2.24, 2.45) is 0 Å². The van der Waals surface area contributed by atoms with Crippen LogP contribution in [0.1, 0.15) is 49.5 Å². The highest BCUT2D eigenvalue weighted by Gasteiger charge is 2.19. The number of hydrogen-bond acceptors (Lipinski definition) is 2. The lowest BCUT2D eigenvalue weighted by molar-refractivity contribution is 0.0911. The molecule has 0 aliphatic carbocycles. The molecular formula is C15H22N2O. The van der Waals surface area contributed by atoms with Crippen LogP contribution >= 0.6 is 0 Å². The number of rotatable bonds is 3. The number of fused-ring (bicyclic) bond motifs is 1. The van der Waals surface area contributed by atoms with E-state index in [-0.39, 0.29) is 11.4 Å². The lowest BCUT2D eigenvalue weighted by Gasteiger charge is -2.25. The molecule has 1 aromatic rings. The molecule has 0 radical (unpaired) electrons. The van der Waals surface area contributed by atoms with Crippen LogP contribution in [0.5, 0.6) is 0 Å². The second kappa shape index (κ2) is 5.01. The van der Waals surface area contributed by atoms with Crippen LogP contribution < -0.4 is 10.6 Å². The first-order valence-electron chi connectivity index (χ1n) is 6.71. The Kier molecular flexibility index (Phi) is 3.60. The number of carbonyl (C=O) groups excluding carboxylic acids is 1. The zero-order chi connectivity index (χ0) is 13.2. The molecule has 3 heteroatoms. The first-order valence-corrected chi connectivity index (χ1v) is 6.71. The molecule has 0 fully saturated rings. The Morgan fingerprint density at radius 2 is 2.22 bits per heavy atom. The summed E-state index contributed by atoms with van der Waals surface area (Å²) in [4.78, 5) is 12.2. The van der Waals surface area contributed by atoms with Gasteiger partial charge in [0.15, 0.2) is 0 Å². The van der Waals surface area contributed by atoms with Gasteiger partial charge < -0.3 is 10.6 Å². The number of benzene rings is 1. The monoisotopic (exact) mass is 246 g/mol. The molecule has 3 nitrogen and oxygen atoms in total. The zero-order valence-electron chi connectivity index (χ0n) is 11.5. The van der Waals surface area contributed by atoms with Crippen LogP contribution in [0.15, 0.2) is 18.2 Å². The maximum Gasteiger partial charge on any atom is 0.251 e. The van der Waals surface area contributed by atoms with E-state index in [4.69, 9.17) is 0 Å². The largest absolute Gasteiger partial charge is 0.385 e. The molecule has 2 N–H and O–H groups in total. The van der Waals surface area contributed by atoms with E-state index in [0.29, 0.717) is 0 Å². The minimum Gasteiger partial charge on any atom is -0.385 e. The number of nitrogens with one attached hydrogen (secondary N) is 2. The molecular weight excluding hydrogens is 224 g/mol. The first-order chi connectivity index (χ1) is 8.52. The van der Waals surface area contributed by atoms with Crippen LogP contribution in [-0.4, -0.2) is 18.0 Å². The van der Waals surface area contributed by atoms with Crippen molar-refractivity contribution in [1.82, 2.24) is 5.32 Å². The van der Waals surface area contributed by atoms with Crippen molar-refractivity contribution in [3.8, 4) is 0 Å². The van der Waals surface area contributed by atoms with Gasteiger partial charge in [-0.25, -0.2) is 0 Å². The summed E-state index contributed by atoms with van der Waals surface area (Å²) in [6.45, 7) is 7.20. The minimum absolute atomic E-state index is 0.0234. The van der Waals surface area contributed by atoms with Crippen LogP contribution in [0.4, 0.5) is 5.69 Å². The number of carbonyl (C=O) groups is 1. The second-order valence-corrected chi connectivity index (χ2v) is 5.59. The summed E-state index contributed by atoms with van der Waals surface area (Å²) in [5.74, 6) is 0.0234. The summed E-state index contributed by atoms with van der Waals surface area (Å²) < 4.78 is 0. The van der Waals surface area contributed by atoms with Crippen molar-refractivity contribution in [2.75, 3.05) is 11.9 Å². The summed E-state index contributed by atoms with van der Waals surface area (Å²) in [5, 5.41) is 6.43. The molecule has 1 aliphatic heterocycles. The third kappa shape index (κ3) is 2.84. The molecule has 1 heterocycles. The molecule has 0 saturated carbocycles. The van der Waals surface area contributed by atoms with E-state index < -0.39 is 0 Å². The molecule has 98 valence electrons. The Labute approximate surface area is 109 Å². The molecule has 0 bridgehead atoms. The van der Waals surface area contributed by atoms with Gasteiger partial charge in [0.25, 0.3) is 5.91 Å². The number of aryl methyl sites for hydroxylation is 1. The lowest BCUT2D eigenvalue weighted by Crippen LogP contribution is -2.42. The number of amides is 1. The highest BCUT2D eigenvalue weighted by atomic mass is 16.1. The van der Waals surface area contributed by atoms with Gasteiger partial charge in [0.2, 0.25) is 0 Å². The predicted octanol–water partition coefficient (Wildman–Crippen LogP) is 2.96. The average Bonchev–Trinajstić information content (AvgIpc) is 2.37. The van der Waals surface area contributed by atoms with Crippen LogP contribution in [0.3, 0.4) is 0 Å². The molecule has 0 atom stereocenters. The third-order valence-electron chi connectivity index (χ3n) is 3.64. The predicted molar refractivity (Wildman–Crippen MR) is 75.1 cm³/mol. The lowest BCUT2D eigenvalue weighted by atomic mass is 9.98. The Bertz CT molecular complexity index is 452. The molecule has 0 saturated heterocycles. The average molecular weight is 246 g/mol. The minimum atomic E-state index is -0.148. The van der Waals surface area contributed by atoms with Crippen molar-refractivity contribution < 1.29 is 4.79 Å². The van der Waals surface area contributed by atoms with E-state index in [2.05, 4.69) is 17.6 Å². The quantitative estimate of drug-likeness (QED) is 0.861. The molecule has 18 heavy (non-hydrogen) atoms. The fourth-order valence-electron chi connectivity index (χ4n) is 2.08. The fraction of sp³-hybridized carbons (Fsp3) is 0.533. The standard InChI is InChI=1S/C15H22N2O/c1-4-15(2,3)17-14(18)12-7-8-13-11(10-12)6-5-9-16-13/h7-8,10,16H,4-6,9H2,1-3H3,(H,17,18). The SMILES string of the molecule is CCC(C)(C)NC(=O)c1ccc2c(c1)CCCN2. The highest BCUT2D eigenvalue weighted by Crippen LogP contribution is 2.23. The van der Waals surface area contributed by atoms with Crippen LogP contribution in [0, 0.1) is 0 Å². The van der Waals surface area contributed by atoms with Gasteiger partial charge in [-0.05, 0) is 56.9 Å². The molecule has 0 unspecified atom stereocenters. The van der Waals surface area contributed by atoms with E-state index >= 15 is 0 Å². The molecule has 0 aromatic heterocycles. The Hall–Kier alpha value is -1.51. The van der Waals surface area contributed by atoms with Gasteiger partial charge in [0.05, 0.1) is 0 Å². The van der Waals surface area contributed by atoms with Gasteiger partial charge in [0, 0.05) is 23.3 Å². The highest BCUT2D eigenvalue weighted by molar-refractivity contribution is 5.95. The summed E-state index contributed by atoms with van der Waals surface area (Å²) in [6.07, 6.45) is 3.12. The second-order valence-electron chi connectivity index (χ2n) is 5.59. The molecule has 1 aliphatic rings. The number of hydrogen-bond donors (Lipinski definition) is 2. The summed E-state index contributed by atoms with van der Waals surface area (Å²) in [5.41, 5.74) is 3.04. The first kappa shape index (κ1) is 12.9. The van der Waals surface area contributed by atoms with Crippen molar-refractivity contribution in [3.05, 3.63) is 29.3 Å². The van der Waals surface area contributed by atoms with Crippen LogP contribution in [0.25, 0.3) is 0 Å². The Balaban J connectivity index is 2.16. The number of anilines is 1. The smallest absolute Gasteiger partial charge is 0.251 e. The van der Waals surface area contributed by atoms with Crippen molar-refractivity contribution >= 4 is 11.6 Å². The molecule has 2 rings (SSSR count). The third-order valence-corrected chi connectivity index (χ3v) is 3.64. The van der Waals surface area contributed by atoms with Gasteiger partial charge in [0.1, 0.15) is 0 Å². The summed E-state index contributed by atoms with van der Waals surface area (Å²) >= 11 is 0. The topological polar surface area (TPSA) is 41.1 Å². The Morgan fingerprint density at radius 1 is 1.44 bits per heavy atom. The fourth-order valence-corrected chi connectivity index (χ4v) is 2.08. The molecule has 1 amide bonds. The Morgan fingerprint density at radius 3 is 2.94 bits per heavy atom. The maximum atomic E-state index is 12.2. The van der Waals surface area contributed by atoms with E-state index in [1.807, 2.05) is 32.0 Å². The van der Waals surface area contributed by atoms with E-state index in [1.165, 1.54) is 11.3 Å². The van der Waals surface area contributed by atoms with E-state index in [1.54, 1.807) is 0 Å². The van der Waals surface area contributed by atoms with Gasteiger partial charge >= 0.3 is 0 Å². The van der Waals surface area contributed by atoms with Gasteiger partial charge in [-0.1, -0.05) is 6.92 Å². The summed E-state index contributed by atoms with van der Waals surface area (Å²) in [6, 6.07) is 5.93. The normalized spacial score (nSPS) is 14.6. The van der Waals surface area contributed by atoms with Gasteiger partial charge in [-0.15, -0.1) is 0 Å². The van der Waals surface area contributed by atoms with Gasteiger partial charge in [-0.2, -0.15) is 0 Å². The maximum absolute atomic E-state index is 12.2. The van der Waals surface area contributed by atoms with Crippen LogP contribution in [0.2, 0.25) is 0 Å². The van der Waals surface area contributed by atoms with Gasteiger partial charge in [-0.3, -0.25) is 4.79 Å². The van der Waals surface area contributed by atoms with E-state index in [9.17, 15) is 4.79 Å². The molecule has 1 aromatic carbocycles. The van der Waals surface area contributed by atoms with Crippen molar-refractivity contribution in [2.45, 2.75) is 45.6 Å². The zero-order valence-corrected chi connectivity index (χ0v) is 11.5. The van der Waals surface area contributed by atoms with Crippen molar-refractivity contribution in [1.29, 1.82) is 0 Å².